The lowest BCUT2D eigenvalue weighted by molar-refractivity contribution is 0.222. The third-order valence-electron chi connectivity index (χ3n) is 3.52. The van der Waals surface area contributed by atoms with Gasteiger partial charge in [0, 0.05) is 6.04 Å². The van der Waals surface area contributed by atoms with Gasteiger partial charge in [-0.3, -0.25) is 0 Å². The molecule has 114 valence electrons. The molecule has 0 aromatic heterocycles. The molecule has 1 rings (SSSR count). The minimum Gasteiger partial charge on any atom is -0.494 e. The van der Waals surface area contributed by atoms with Crippen molar-refractivity contribution in [2.24, 2.45) is 5.92 Å². The molecule has 0 aliphatic heterocycles. The Labute approximate surface area is 123 Å². The Morgan fingerprint density at radius 1 is 1.00 bits per heavy atom. The van der Waals surface area contributed by atoms with E-state index in [1.807, 2.05) is 24.3 Å². The van der Waals surface area contributed by atoms with E-state index in [1.165, 1.54) is 0 Å². The first-order valence-electron chi connectivity index (χ1n) is 7.80. The molecule has 0 radical (unpaired) electrons. The predicted molar refractivity (Wildman–Crippen MR) is 84.6 cm³/mol. The summed E-state index contributed by atoms with van der Waals surface area (Å²) in [6, 6.07) is 8.29. The fourth-order valence-corrected chi connectivity index (χ4v) is 2.01. The van der Waals surface area contributed by atoms with Crippen molar-refractivity contribution >= 4 is 0 Å². The van der Waals surface area contributed by atoms with Crippen molar-refractivity contribution in [3.05, 3.63) is 24.3 Å². The summed E-state index contributed by atoms with van der Waals surface area (Å²) in [6.07, 6.45) is 2.18. The number of nitrogens with one attached hydrogen (secondary N) is 1. The number of hydrogen-bond donors (Lipinski definition) is 1. The molecule has 0 saturated carbocycles. The first-order chi connectivity index (χ1) is 9.71. The normalized spacial score (nSPS) is 13.8. The maximum absolute atomic E-state index is 5.89. The number of likely N-dealkylation sites (N-methyl/N-ethyl adjacent to an activating group) is 1. The van der Waals surface area contributed by atoms with Crippen molar-refractivity contribution in [3.63, 3.8) is 0 Å². The highest BCUT2D eigenvalue weighted by molar-refractivity contribution is 5.31. The van der Waals surface area contributed by atoms with Crippen LogP contribution >= 0.6 is 0 Å². The van der Waals surface area contributed by atoms with E-state index in [0.29, 0.717) is 18.6 Å². The van der Waals surface area contributed by atoms with Gasteiger partial charge in [-0.2, -0.15) is 0 Å². The van der Waals surface area contributed by atoms with Gasteiger partial charge in [0.25, 0.3) is 0 Å². The molecule has 0 amide bonds. The summed E-state index contributed by atoms with van der Waals surface area (Å²) in [7, 11) is 0. The van der Waals surface area contributed by atoms with Gasteiger partial charge in [-0.15, -0.1) is 0 Å². The molecule has 2 unspecified atom stereocenters. The minimum absolute atomic E-state index is 0.404. The monoisotopic (exact) mass is 279 g/mol. The van der Waals surface area contributed by atoms with Gasteiger partial charge < -0.3 is 14.8 Å². The van der Waals surface area contributed by atoms with Gasteiger partial charge >= 0.3 is 0 Å². The standard InChI is InChI=1S/C17H29NO2/c1-5-12-19-15-8-10-16(11-9-15)20-13-17(18-7-3)14(4)6-2/h8-11,14,17-18H,5-7,12-13H2,1-4H3. The summed E-state index contributed by atoms with van der Waals surface area (Å²) >= 11 is 0. The molecule has 1 aromatic carbocycles. The predicted octanol–water partition coefficient (Wildman–Crippen LogP) is 3.88. The first kappa shape index (κ1) is 16.8. The smallest absolute Gasteiger partial charge is 0.119 e. The van der Waals surface area contributed by atoms with Crippen molar-refractivity contribution in [2.75, 3.05) is 19.8 Å². The molecular formula is C17H29NO2. The van der Waals surface area contributed by atoms with Crippen molar-refractivity contribution in [1.29, 1.82) is 0 Å². The van der Waals surface area contributed by atoms with E-state index in [0.717, 1.165) is 37.5 Å². The molecule has 20 heavy (non-hydrogen) atoms. The average molecular weight is 279 g/mol. The molecule has 0 aliphatic rings. The Morgan fingerprint density at radius 3 is 2.10 bits per heavy atom. The van der Waals surface area contributed by atoms with Gasteiger partial charge in [-0.05, 0) is 43.1 Å². The van der Waals surface area contributed by atoms with Gasteiger partial charge in [0.05, 0.1) is 6.61 Å². The molecule has 0 heterocycles. The van der Waals surface area contributed by atoms with E-state index in [2.05, 4.69) is 33.0 Å². The van der Waals surface area contributed by atoms with E-state index >= 15 is 0 Å². The molecule has 0 saturated heterocycles. The van der Waals surface area contributed by atoms with Gasteiger partial charge in [0.2, 0.25) is 0 Å². The molecule has 2 atom stereocenters. The zero-order valence-electron chi connectivity index (χ0n) is 13.3. The van der Waals surface area contributed by atoms with Crippen LogP contribution in [0.5, 0.6) is 11.5 Å². The Balaban J connectivity index is 2.46. The lowest BCUT2D eigenvalue weighted by atomic mass is 10.00. The molecule has 0 aliphatic carbocycles. The van der Waals surface area contributed by atoms with Gasteiger partial charge in [-0.25, -0.2) is 0 Å². The maximum atomic E-state index is 5.89. The number of rotatable bonds is 10. The Bertz CT molecular complexity index is 351. The number of benzene rings is 1. The van der Waals surface area contributed by atoms with Gasteiger partial charge in [0.1, 0.15) is 18.1 Å². The van der Waals surface area contributed by atoms with E-state index in [1.54, 1.807) is 0 Å². The summed E-state index contributed by atoms with van der Waals surface area (Å²) in [5.41, 5.74) is 0. The highest BCUT2D eigenvalue weighted by Gasteiger charge is 2.15. The van der Waals surface area contributed by atoms with E-state index < -0.39 is 0 Å². The Kier molecular flexibility index (Phi) is 8.12. The molecule has 3 heteroatoms. The van der Waals surface area contributed by atoms with Crippen molar-refractivity contribution in [3.8, 4) is 11.5 Å². The van der Waals surface area contributed by atoms with Crippen LogP contribution in [0.3, 0.4) is 0 Å². The molecule has 1 N–H and O–H groups in total. The van der Waals surface area contributed by atoms with E-state index in [4.69, 9.17) is 9.47 Å². The molecule has 1 aromatic rings. The number of ether oxygens (including phenoxy) is 2. The van der Waals surface area contributed by atoms with E-state index in [-0.39, 0.29) is 0 Å². The minimum atomic E-state index is 0.404. The molecular weight excluding hydrogens is 250 g/mol. The second-order valence-corrected chi connectivity index (χ2v) is 5.18. The van der Waals surface area contributed by atoms with Crippen molar-refractivity contribution in [2.45, 2.75) is 46.6 Å². The van der Waals surface area contributed by atoms with Crippen LogP contribution in [-0.2, 0) is 0 Å². The van der Waals surface area contributed by atoms with Crippen LogP contribution in [0.1, 0.15) is 40.5 Å². The first-order valence-corrected chi connectivity index (χ1v) is 7.80. The summed E-state index contributed by atoms with van der Waals surface area (Å²) < 4.78 is 11.4. The van der Waals surface area contributed by atoms with Crippen LogP contribution in [0.2, 0.25) is 0 Å². The van der Waals surface area contributed by atoms with Crippen LogP contribution in [0.4, 0.5) is 0 Å². The molecule has 0 spiro atoms. The van der Waals surface area contributed by atoms with Crippen LogP contribution in [-0.4, -0.2) is 25.8 Å². The highest BCUT2D eigenvalue weighted by atomic mass is 16.5. The maximum Gasteiger partial charge on any atom is 0.119 e. The van der Waals surface area contributed by atoms with Gasteiger partial charge in [0.15, 0.2) is 0 Å². The summed E-state index contributed by atoms with van der Waals surface area (Å²) in [5.74, 6) is 2.42. The third kappa shape index (κ3) is 5.83. The molecule has 3 nitrogen and oxygen atoms in total. The summed E-state index contributed by atoms with van der Waals surface area (Å²) in [4.78, 5) is 0. The average Bonchev–Trinajstić information content (AvgIpc) is 2.49. The Morgan fingerprint density at radius 2 is 1.60 bits per heavy atom. The summed E-state index contributed by atoms with van der Waals surface area (Å²) in [5, 5.41) is 3.49. The molecule has 0 bridgehead atoms. The second kappa shape index (κ2) is 9.65. The zero-order valence-corrected chi connectivity index (χ0v) is 13.3. The lowest BCUT2D eigenvalue weighted by Crippen LogP contribution is -2.39. The van der Waals surface area contributed by atoms with Crippen molar-refractivity contribution in [1.82, 2.24) is 5.32 Å². The zero-order chi connectivity index (χ0) is 14.8. The van der Waals surface area contributed by atoms with Crippen molar-refractivity contribution < 1.29 is 9.47 Å². The van der Waals surface area contributed by atoms with Gasteiger partial charge in [-0.1, -0.05) is 34.1 Å². The largest absolute Gasteiger partial charge is 0.494 e. The fraction of sp³-hybridized carbons (Fsp3) is 0.647. The SMILES string of the molecule is CCCOc1ccc(OCC(NCC)C(C)CC)cc1. The molecule has 0 fully saturated rings. The van der Waals surface area contributed by atoms with E-state index in [9.17, 15) is 0 Å². The van der Waals surface area contributed by atoms with Crippen LogP contribution in [0.15, 0.2) is 24.3 Å². The fourth-order valence-electron chi connectivity index (χ4n) is 2.01. The number of hydrogen-bond acceptors (Lipinski definition) is 3. The second-order valence-electron chi connectivity index (χ2n) is 5.18. The third-order valence-corrected chi connectivity index (χ3v) is 3.52. The lowest BCUT2D eigenvalue weighted by Gasteiger charge is -2.24. The van der Waals surface area contributed by atoms with Crippen LogP contribution in [0, 0.1) is 5.92 Å². The topological polar surface area (TPSA) is 30.5 Å². The van der Waals surface area contributed by atoms with Crippen LogP contribution < -0.4 is 14.8 Å². The quantitative estimate of drug-likeness (QED) is 0.705. The van der Waals surface area contributed by atoms with Crippen LogP contribution in [0.25, 0.3) is 0 Å². The highest BCUT2D eigenvalue weighted by Crippen LogP contribution is 2.18. The Hall–Kier alpha value is -1.22. The summed E-state index contributed by atoms with van der Waals surface area (Å²) in [6.45, 7) is 11.2.